The number of ether oxygens (including phenoxy) is 1. The monoisotopic (exact) mass is 290 g/mol. The van der Waals surface area contributed by atoms with Gasteiger partial charge in [0.25, 0.3) is 0 Å². The summed E-state index contributed by atoms with van der Waals surface area (Å²) in [5, 5.41) is 6.23. The van der Waals surface area contributed by atoms with E-state index in [4.69, 9.17) is 4.74 Å². The molecule has 2 N–H and O–H groups in total. The molecule has 0 spiro atoms. The zero-order chi connectivity index (χ0) is 15.4. The molecule has 4 heteroatoms. The average Bonchev–Trinajstić information content (AvgIpc) is 2.95. The molecule has 0 radical (unpaired) electrons. The maximum atomic E-state index is 12.3. The lowest BCUT2D eigenvalue weighted by Gasteiger charge is -2.20. The van der Waals surface area contributed by atoms with Crippen LogP contribution in [0.1, 0.15) is 43.9 Å². The fraction of sp³-hybridized carbons (Fsp3) is 0.588. The van der Waals surface area contributed by atoms with Crippen LogP contribution in [-0.4, -0.2) is 32.2 Å². The van der Waals surface area contributed by atoms with Crippen LogP contribution in [-0.2, 0) is 9.53 Å². The van der Waals surface area contributed by atoms with Crippen molar-refractivity contribution in [2.75, 3.05) is 20.3 Å². The van der Waals surface area contributed by atoms with Crippen molar-refractivity contribution in [2.45, 2.75) is 38.8 Å². The normalized spacial score (nSPS) is 23.3. The van der Waals surface area contributed by atoms with Crippen LogP contribution in [0.25, 0.3) is 0 Å². The molecule has 0 aromatic heterocycles. The highest BCUT2D eigenvalue weighted by molar-refractivity contribution is 5.80. The second kappa shape index (κ2) is 7.05. The molecule has 1 aliphatic rings. The van der Waals surface area contributed by atoms with Gasteiger partial charge < -0.3 is 15.4 Å². The highest BCUT2D eigenvalue weighted by Crippen LogP contribution is 2.20. The fourth-order valence-electron chi connectivity index (χ4n) is 2.67. The summed E-state index contributed by atoms with van der Waals surface area (Å²) >= 11 is 0. The van der Waals surface area contributed by atoms with Crippen LogP contribution in [0, 0.1) is 5.92 Å². The Kier molecular flexibility index (Phi) is 5.37. The molecule has 1 aliphatic heterocycles. The summed E-state index contributed by atoms with van der Waals surface area (Å²) in [4.78, 5) is 12.3. The summed E-state index contributed by atoms with van der Waals surface area (Å²) < 4.78 is 5.39. The molecule has 116 valence electrons. The van der Waals surface area contributed by atoms with E-state index < -0.39 is 0 Å². The third-order valence-corrected chi connectivity index (χ3v) is 4.25. The lowest BCUT2D eigenvalue weighted by Crippen LogP contribution is -2.43. The number of carbonyl (C=O) groups excluding carboxylic acids is 1. The van der Waals surface area contributed by atoms with E-state index >= 15 is 0 Å². The van der Waals surface area contributed by atoms with Gasteiger partial charge in [0, 0.05) is 6.04 Å². The number of hydrogen-bond donors (Lipinski definition) is 2. The van der Waals surface area contributed by atoms with Crippen LogP contribution in [0.3, 0.4) is 0 Å². The minimum absolute atomic E-state index is 0.0109. The summed E-state index contributed by atoms with van der Waals surface area (Å²) in [6.07, 6.45) is 0. The first-order valence-electron chi connectivity index (χ1n) is 7.68. The molecule has 3 atom stereocenters. The van der Waals surface area contributed by atoms with Crippen molar-refractivity contribution in [1.82, 2.24) is 10.6 Å². The molecule has 1 fully saturated rings. The van der Waals surface area contributed by atoms with E-state index in [2.05, 4.69) is 48.7 Å². The zero-order valence-corrected chi connectivity index (χ0v) is 13.3. The van der Waals surface area contributed by atoms with Crippen molar-refractivity contribution in [1.29, 1.82) is 0 Å². The van der Waals surface area contributed by atoms with Gasteiger partial charge in [-0.1, -0.05) is 38.1 Å². The lowest BCUT2D eigenvalue weighted by molar-refractivity contribution is -0.126. The predicted molar refractivity (Wildman–Crippen MR) is 84.2 cm³/mol. The molecule has 1 aromatic rings. The van der Waals surface area contributed by atoms with Gasteiger partial charge in [-0.25, -0.2) is 0 Å². The van der Waals surface area contributed by atoms with Crippen LogP contribution in [0.2, 0.25) is 0 Å². The van der Waals surface area contributed by atoms with E-state index in [1.165, 1.54) is 5.56 Å². The second-order valence-corrected chi connectivity index (χ2v) is 6.09. The van der Waals surface area contributed by atoms with Gasteiger partial charge in [-0.15, -0.1) is 0 Å². The van der Waals surface area contributed by atoms with E-state index in [1.807, 2.05) is 14.0 Å². The maximum Gasteiger partial charge on any atom is 0.227 e. The van der Waals surface area contributed by atoms with Gasteiger partial charge in [0.15, 0.2) is 0 Å². The molecule has 1 saturated heterocycles. The zero-order valence-electron chi connectivity index (χ0n) is 13.3. The Balaban J connectivity index is 1.97. The molecule has 0 bridgehead atoms. The minimum atomic E-state index is -0.104. The second-order valence-electron chi connectivity index (χ2n) is 6.09. The minimum Gasteiger partial charge on any atom is -0.379 e. The molecule has 2 rings (SSSR count). The van der Waals surface area contributed by atoms with Crippen molar-refractivity contribution in [2.24, 2.45) is 5.92 Å². The Morgan fingerprint density at radius 3 is 2.33 bits per heavy atom. The van der Waals surface area contributed by atoms with E-state index in [0.717, 1.165) is 5.56 Å². The Bertz CT molecular complexity index is 470. The Labute approximate surface area is 127 Å². The van der Waals surface area contributed by atoms with Crippen LogP contribution < -0.4 is 10.6 Å². The molecule has 4 nitrogen and oxygen atoms in total. The van der Waals surface area contributed by atoms with Gasteiger partial charge in [-0.05, 0) is 31.0 Å². The molecular weight excluding hydrogens is 264 g/mol. The Morgan fingerprint density at radius 2 is 1.76 bits per heavy atom. The molecule has 1 heterocycles. The number of rotatable bonds is 5. The Morgan fingerprint density at radius 1 is 1.14 bits per heavy atom. The summed E-state index contributed by atoms with van der Waals surface area (Å²) in [6, 6.07) is 8.59. The third kappa shape index (κ3) is 3.83. The molecule has 21 heavy (non-hydrogen) atoms. The summed E-state index contributed by atoms with van der Waals surface area (Å²) in [7, 11) is 1.87. The predicted octanol–water partition coefficient (Wildman–Crippen LogP) is 2.22. The number of likely N-dealkylation sites (N-methyl/N-ethyl adjacent to an activating group) is 1. The van der Waals surface area contributed by atoms with Gasteiger partial charge in [-0.2, -0.15) is 0 Å². The number of hydrogen-bond acceptors (Lipinski definition) is 3. The number of carbonyl (C=O) groups is 1. The van der Waals surface area contributed by atoms with Gasteiger partial charge in [0.2, 0.25) is 5.91 Å². The average molecular weight is 290 g/mol. The summed E-state index contributed by atoms with van der Waals surface area (Å²) in [6.45, 7) is 7.48. The number of nitrogens with one attached hydrogen (secondary N) is 2. The molecule has 0 saturated carbocycles. The Hall–Kier alpha value is -1.39. The SMILES string of the molecule is CNC1COCC1C(=O)NC(C)c1ccc(C(C)C)cc1. The first-order chi connectivity index (χ1) is 10.0. The standard InChI is InChI=1S/C17H26N2O2/c1-11(2)13-5-7-14(8-6-13)12(3)19-17(20)15-9-21-10-16(15)18-4/h5-8,11-12,15-16,18H,9-10H2,1-4H3,(H,19,20). The highest BCUT2D eigenvalue weighted by Gasteiger charge is 2.33. The maximum absolute atomic E-state index is 12.3. The van der Waals surface area contributed by atoms with Crippen molar-refractivity contribution >= 4 is 5.91 Å². The first kappa shape index (κ1) is 16.0. The molecule has 3 unspecified atom stereocenters. The van der Waals surface area contributed by atoms with Crippen molar-refractivity contribution in [3.63, 3.8) is 0 Å². The van der Waals surface area contributed by atoms with Crippen LogP contribution in [0.15, 0.2) is 24.3 Å². The van der Waals surface area contributed by atoms with Gasteiger partial charge >= 0.3 is 0 Å². The van der Waals surface area contributed by atoms with E-state index in [-0.39, 0.29) is 23.9 Å². The summed E-state index contributed by atoms with van der Waals surface area (Å²) in [5.41, 5.74) is 2.45. The van der Waals surface area contributed by atoms with Gasteiger partial charge in [0.1, 0.15) is 0 Å². The highest BCUT2D eigenvalue weighted by atomic mass is 16.5. The molecule has 0 aliphatic carbocycles. The number of amides is 1. The lowest BCUT2D eigenvalue weighted by atomic mass is 9.98. The third-order valence-electron chi connectivity index (χ3n) is 4.25. The largest absolute Gasteiger partial charge is 0.379 e. The van der Waals surface area contributed by atoms with Gasteiger partial charge in [0.05, 0.1) is 25.2 Å². The smallest absolute Gasteiger partial charge is 0.227 e. The number of benzene rings is 1. The van der Waals surface area contributed by atoms with Crippen molar-refractivity contribution in [3.05, 3.63) is 35.4 Å². The molecular formula is C17H26N2O2. The van der Waals surface area contributed by atoms with Gasteiger partial charge in [-0.3, -0.25) is 4.79 Å². The topological polar surface area (TPSA) is 50.4 Å². The molecule has 1 amide bonds. The van der Waals surface area contributed by atoms with Crippen molar-refractivity contribution < 1.29 is 9.53 Å². The van der Waals surface area contributed by atoms with E-state index in [0.29, 0.717) is 19.1 Å². The van der Waals surface area contributed by atoms with Crippen LogP contribution >= 0.6 is 0 Å². The fourth-order valence-corrected chi connectivity index (χ4v) is 2.67. The van der Waals surface area contributed by atoms with Crippen LogP contribution in [0.5, 0.6) is 0 Å². The van der Waals surface area contributed by atoms with E-state index in [1.54, 1.807) is 0 Å². The van der Waals surface area contributed by atoms with Crippen LogP contribution in [0.4, 0.5) is 0 Å². The van der Waals surface area contributed by atoms with Crippen molar-refractivity contribution in [3.8, 4) is 0 Å². The summed E-state index contributed by atoms with van der Waals surface area (Å²) in [5.74, 6) is 0.482. The first-order valence-corrected chi connectivity index (χ1v) is 7.68. The van der Waals surface area contributed by atoms with E-state index in [9.17, 15) is 4.79 Å². The molecule has 1 aromatic carbocycles. The quantitative estimate of drug-likeness (QED) is 0.874.